The molecule has 0 aliphatic rings. The lowest BCUT2D eigenvalue weighted by atomic mass is 10.3. The molecule has 0 aliphatic heterocycles. The highest BCUT2D eigenvalue weighted by molar-refractivity contribution is 6.30. The van der Waals surface area contributed by atoms with Crippen LogP contribution < -0.4 is 0 Å². The monoisotopic (exact) mass is 276 g/mol. The molecular weight excluding hydrogens is 269 g/mol. The number of aromatic nitrogens is 4. The second-order valence-corrected chi connectivity index (χ2v) is 4.04. The zero-order chi connectivity index (χ0) is 13.5. The molecule has 0 atom stereocenters. The fraction of sp³-hybridized carbons (Fsp3) is 0.300. The number of hydrogen-bond acceptors (Lipinski definition) is 3. The molecule has 0 spiro atoms. The Balaban J connectivity index is 2.53. The van der Waals surface area contributed by atoms with E-state index in [1.807, 2.05) is 0 Å². The second kappa shape index (κ2) is 4.24. The lowest BCUT2D eigenvalue weighted by Gasteiger charge is -2.07. The lowest BCUT2D eigenvalue weighted by Crippen LogP contribution is -2.06. The van der Waals surface area contributed by atoms with E-state index in [2.05, 4.69) is 15.1 Å². The summed E-state index contributed by atoms with van der Waals surface area (Å²) in [5, 5.41) is 3.84. The molecule has 18 heavy (non-hydrogen) atoms. The van der Waals surface area contributed by atoms with Crippen LogP contribution in [-0.2, 0) is 6.18 Å². The molecule has 0 amide bonds. The van der Waals surface area contributed by atoms with Crippen LogP contribution in [0, 0.1) is 13.8 Å². The predicted molar refractivity (Wildman–Crippen MR) is 58.6 cm³/mol. The van der Waals surface area contributed by atoms with Crippen molar-refractivity contribution in [3.8, 4) is 5.82 Å². The third-order valence-corrected chi connectivity index (χ3v) is 2.67. The summed E-state index contributed by atoms with van der Waals surface area (Å²) in [6.45, 7) is 3.22. The second-order valence-electron chi connectivity index (χ2n) is 3.68. The Morgan fingerprint density at radius 1 is 1.22 bits per heavy atom. The fourth-order valence-electron chi connectivity index (χ4n) is 1.39. The third kappa shape index (κ3) is 2.31. The van der Waals surface area contributed by atoms with E-state index in [4.69, 9.17) is 11.6 Å². The van der Waals surface area contributed by atoms with Crippen molar-refractivity contribution in [2.75, 3.05) is 0 Å². The van der Waals surface area contributed by atoms with Crippen molar-refractivity contribution in [2.45, 2.75) is 20.0 Å². The van der Waals surface area contributed by atoms with Crippen molar-refractivity contribution in [1.82, 2.24) is 19.7 Å². The Labute approximate surface area is 105 Å². The molecule has 8 heteroatoms. The van der Waals surface area contributed by atoms with E-state index in [-0.39, 0.29) is 11.0 Å². The van der Waals surface area contributed by atoms with Gasteiger partial charge in [0.05, 0.1) is 11.8 Å². The van der Waals surface area contributed by atoms with E-state index in [9.17, 15) is 13.2 Å². The van der Waals surface area contributed by atoms with Crippen LogP contribution in [0.1, 0.15) is 17.0 Å². The molecular formula is C10H8ClF3N4. The van der Waals surface area contributed by atoms with Gasteiger partial charge in [-0.15, -0.1) is 0 Å². The number of halogens is 4. The molecule has 0 unspecified atom stereocenters. The summed E-state index contributed by atoms with van der Waals surface area (Å²) >= 11 is 5.85. The highest BCUT2D eigenvalue weighted by atomic mass is 35.5. The van der Waals surface area contributed by atoms with Gasteiger partial charge in [0.15, 0.2) is 5.82 Å². The van der Waals surface area contributed by atoms with Gasteiger partial charge in [-0.1, -0.05) is 11.6 Å². The molecule has 0 saturated heterocycles. The molecule has 2 rings (SSSR count). The Morgan fingerprint density at radius 3 is 2.44 bits per heavy atom. The highest BCUT2D eigenvalue weighted by Crippen LogP contribution is 2.29. The maximum absolute atomic E-state index is 12.5. The lowest BCUT2D eigenvalue weighted by molar-refractivity contribution is -0.137. The molecule has 96 valence electrons. The van der Waals surface area contributed by atoms with Crippen LogP contribution in [-0.4, -0.2) is 19.7 Å². The van der Waals surface area contributed by atoms with Gasteiger partial charge in [-0.3, -0.25) is 0 Å². The van der Waals surface area contributed by atoms with Gasteiger partial charge in [0, 0.05) is 11.8 Å². The first-order chi connectivity index (χ1) is 8.29. The average Bonchev–Trinajstić information content (AvgIpc) is 2.71. The van der Waals surface area contributed by atoms with Gasteiger partial charge in [-0.25, -0.2) is 14.6 Å². The molecule has 0 N–H and O–H groups in total. The van der Waals surface area contributed by atoms with Crippen LogP contribution >= 0.6 is 11.6 Å². The normalized spacial score (nSPS) is 11.9. The number of nitrogens with zero attached hydrogens (tertiary/aromatic N) is 4. The highest BCUT2D eigenvalue weighted by Gasteiger charge is 2.32. The molecule has 0 bridgehead atoms. The van der Waals surface area contributed by atoms with E-state index in [1.165, 1.54) is 0 Å². The van der Waals surface area contributed by atoms with Crippen LogP contribution in [0.5, 0.6) is 0 Å². The van der Waals surface area contributed by atoms with Gasteiger partial charge >= 0.3 is 6.18 Å². The van der Waals surface area contributed by atoms with Crippen molar-refractivity contribution in [1.29, 1.82) is 0 Å². The summed E-state index contributed by atoms with van der Waals surface area (Å²) in [6, 6.07) is 0. The SMILES string of the molecule is Cc1nc(Cl)c(C)c(-n2cc(C(F)(F)F)cn2)n1. The van der Waals surface area contributed by atoms with Crippen molar-refractivity contribution >= 4 is 11.6 Å². The van der Waals surface area contributed by atoms with E-state index in [0.717, 1.165) is 17.1 Å². The van der Waals surface area contributed by atoms with Crippen LogP contribution in [0.2, 0.25) is 5.15 Å². The molecule has 2 aromatic heterocycles. The first kappa shape index (κ1) is 12.8. The summed E-state index contributed by atoms with van der Waals surface area (Å²) in [4.78, 5) is 7.94. The maximum atomic E-state index is 12.5. The first-order valence-electron chi connectivity index (χ1n) is 4.92. The van der Waals surface area contributed by atoms with E-state index < -0.39 is 11.7 Å². The molecule has 2 aromatic rings. The zero-order valence-electron chi connectivity index (χ0n) is 9.46. The minimum absolute atomic E-state index is 0.196. The molecule has 0 radical (unpaired) electrons. The number of rotatable bonds is 1. The van der Waals surface area contributed by atoms with Crippen molar-refractivity contribution in [3.05, 3.63) is 34.5 Å². The third-order valence-electron chi connectivity index (χ3n) is 2.30. The Bertz CT molecular complexity index is 591. The molecule has 0 saturated carbocycles. The quantitative estimate of drug-likeness (QED) is 0.752. The molecule has 0 aromatic carbocycles. The molecule has 2 heterocycles. The van der Waals surface area contributed by atoms with Crippen LogP contribution in [0.3, 0.4) is 0 Å². The van der Waals surface area contributed by atoms with Gasteiger partial charge in [-0.05, 0) is 13.8 Å². The number of hydrogen-bond donors (Lipinski definition) is 0. The van der Waals surface area contributed by atoms with Crippen molar-refractivity contribution in [3.63, 3.8) is 0 Å². The number of aryl methyl sites for hydroxylation is 1. The standard InChI is InChI=1S/C10H8ClF3N4/c1-5-8(11)16-6(2)17-9(5)18-4-7(3-15-18)10(12,13)14/h3-4H,1-2H3. The van der Waals surface area contributed by atoms with Gasteiger partial charge in [-0.2, -0.15) is 18.3 Å². The van der Waals surface area contributed by atoms with E-state index in [1.54, 1.807) is 13.8 Å². The largest absolute Gasteiger partial charge is 0.419 e. The maximum Gasteiger partial charge on any atom is 0.419 e. The summed E-state index contributed by atoms with van der Waals surface area (Å²) in [6.07, 6.45) is -2.83. The average molecular weight is 277 g/mol. The predicted octanol–water partition coefficient (Wildman–Crippen LogP) is 2.95. The zero-order valence-corrected chi connectivity index (χ0v) is 10.2. The smallest absolute Gasteiger partial charge is 0.222 e. The topological polar surface area (TPSA) is 43.6 Å². The number of alkyl halides is 3. The Hall–Kier alpha value is -1.63. The summed E-state index contributed by atoms with van der Waals surface area (Å²) in [5.74, 6) is 0.604. The van der Waals surface area contributed by atoms with Gasteiger partial charge in [0.2, 0.25) is 0 Å². The fourth-order valence-corrected chi connectivity index (χ4v) is 1.60. The van der Waals surface area contributed by atoms with Crippen LogP contribution in [0.15, 0.2) is 12.4 Å². The van der Waals surface area contributed by atoms with Crippen LogP contribution in [0.25, 0.3) is 5.82 Å². The Kier molecular flexibility index (Phi) is 3.02. The van der Waals surface area contributed by atoms with E-state index in [0.29, 0.717) is 11.4 Å². The van der Waals surface area contributed by atoms with Gasteiger partial charge < -0.3 is 0 Å². The first-order valence-corrected chi connectivity index (χ1v) is 5.30. The summed E-state index contributed by atoms with van der Waals surface area (Å²) < 4.78 is 38.4. The van der Waals surface area contributed by atoms with Crippen molar-refractivity contribution < 1.29 is 13.2 Å². The molecule has 4 nitrogen and oxygen atoms in total. The Morgan fingerprint density at radius 2 is 1.89 bits per heavy atom. The summed E-state index contributed by atoms with van der Waals surface area (Å²) in [5.41, 5.74) is -0.367. The summed E-state index contributed by atoms with van der Waals surface area (Å²) in [7, 11) is 0. The van der Waals surface area contributed by atoms with Gasteiger partial charge in [0.1, 0.15) is 11.0 Å². The van der Waals surface area contributed by atoms with E-state index >= 15 is 0 Å². The van der Waals surface area contributed by atoms with Crippen molar-refractivity contribution in [2.24, 2.45) is 0 Å². The minimum atomic E-state index is -4.43. The molecule has 0 fully saturated rings. The van der Waals surface area contributed by atoms with Gasteiger partial charge in [0.25, 0.3) is 0 Å². The van der Waals surface area contributed by atoms with Crippen LogP contribution in [0.4, 0.5) is 13.2 Å². The molecule has 0 aliphatic carbocycles. The minimum Gasteiger partial charge on any atom is -0.222 e.